The van der Waals surface area contributed by atoms with Crippen molar-refractivity contribution in [2.75, 3.05) is 0 Å². The lowest BCUT2D eigenvalue weighted by atomic mass is 10.1. The summed E-state index contributed by atoms with van der Waals surface area (Å²) in [6.07, 6.45) is 0. The van der Waals surface area contributed by atoms with Crippen molar-refractivity contribution in [1.82, 2.24) is 0 Å². The molecule has 0 saturated carbocycles. The van der Waals surface area contributed by atoms with E-state index in [-0.39, 0.29) is 12.4 Å². The number of carboxylic acids is 1. The number of benzene rings is 2. The largest absolute Gasteiger partial charge is 0.542 e. The Morgan fingerprint density at radius 3 is 2.71 bits per heavy atom. The highest BCUT2D eigenvalue weighted by Crippen LogP contribution is 2.26. The molecule has 3 aromatic rings. The quantitative estimate of drug-likeness (QED) is 0.737. The molecule has 3 rings (SSSR count). The molecular weight excluding hydrogens is 268 g/mol. The normalized spacial score (nSPS) is 10.7. The van der Waals surface area contributed by atoms with Crippen LogP contribution in [-0.2, 0) is 6.61 Å². The topological polar surface area (TPSA) is 62.5 Å². The van der Waals surface area contributed by atoms with Gasteiger partial charge in [-0.15, -0.1) is 0 Å². The predicted octanol–water partition coefficient (Wildman–Crippen LogP) is 2.68. The molecule has 0 aliphatic carbocycles. The SMILES string of the molecule is Cc1oc(C(=O)[O-])cc1COc1cccc2ccccc12. The average Bonchev–Trinajstić information content (AvgIpc) is 2.86. The van der Waals surface area contributed by atoms with Gasteiger partial charge in [0.25, 0.3) is 0 Å². The van der Waals surface area contributed by atoms with Gasteiger partial charge in [-0.05, 0) is 24.4 Å². The third kappa shape index (κ3) is 2.60. The molecule has 0 atom stereocenters. The maximum absolute atomic E-state index is 10.8. The Balaban J connectivity index is 1.85. The van der Waals surface area contributed by atoms with Crippen LogP contribution in [0, 0.1) is 6.92 Å². The summed E-state index contributed by atoms with van der Waals surface area (Å²) in [6.45, 7) is 1.95. The fourth-order valence-corrected chi connectivity index (χ4v) is 2.24. The molecule has 4 nitrogen and oxygen atoms in total. The van der Waals surface area contributed by atoms with Crippen LogP contribution in [0.5, 0.6) is 5.75 Å². The van der Waals surface area contributed by atoms with Crippen molar-refractivity contribution >= 4 is 16.7 Å². The van der Waals surface area contributed by atoms with Gasteiger partial charge in [0, 0.05) is 10.9 Å². The van der Waals surface area contributed by atoms with Gasteiger partial charge in [-0.2, -0.15) is 0 Å². The monoisotopic (exact) mass is 281 g/mol. The van der Waals surface area contributed by atoms with Gasteiger partial charge >= 0.3 is 0 Å². The first-order valence-electron chi connectivity index (χ1n) is 6.56. The van der Waals surface area contributed by atoms with Crippen molar-refractivity contribution in [3.8, 4) is 5.75 Å². The first-order chi connectivity index (χ1) is 10.1. The molecular formula is C17H13O4-. The van der Waals surface area contributed by atoms with Crippen LogP contribution in [0.1, 0.15) is 21.9 Å². The molecule has 106 valence electrons. The highest BCUT2D eigenvalue weighted by molar-refractivity contribution is 5.88. The van der Waals surface area contributed by atoms with Crippen molar-refractivity contribution in [2.45, 2.75) is 13.5 Å². The van der Waals surface area contributed by atoms with Crippen LogP contribution < -0.4 is 9.84 Å². The van der Waals surface area contributed by atoms with E-state index in [1.54, 1.807) is 6.92 Å². The zero-order valence-corrected chi connectivity index (χ0v) is 11.5. The Labute approximate surface area is 121 Å². The van der Waals surface area contributed by atoms with Gasteiger partial charge in [0.2, 0.25) is 0 Å². The van der Waals surface area contributed by atoms with Crippen molar-refractivity contribution in [3.63, 3.8) is 0 Å². The minimum Gasteiger partial charge on any atom is -0.542 e. The van der Waals surface area contributed by atoms with Crippen LogP contribution >= 0.6 is 0 Å². The predicted molar refractivity (Wildman–Crippen MR) is 76.1 cm³/mol. The maximum Gasteiger partial charge on any atom is 0.150 e. The number of ether oxygens (including phenoxy) is 1. The lowest BCUT2D eigenvalue weighted by Gasteiger charge is -2.08. The fraction of sp³-hybridized carbons (Fsp3) is 0.118. The molecule has 21 heavy (non-hydrogen) atoms. The van der Waals surface area contributed by atoms with Gasteiger partial charge < -0.3 is 19.1 Å². The molecule has 0 aliphatic heterocycles. The third-order valence-electron chi connectivity index (χ3n) is 3.35. The van der Waals surface area contributed by atoms with Crippen molar-refractivity contribution < 1.29 is 19.1 Å². The Kier molecular flexibility index (Phi) is 3.36. The second kappa shape index (κ2) is 5.32. The zero-order chi connectivity index (χ0) is 14.8. The maximum atomic E-state index is 10.8. The molecule has 0 aliphatic rings. The minimum atomic E-state index is -1.32. The summed E-state index contributed by atoms with van der Waals surface area (Å²) in [5, 5.41) is 12.9. The smallest absolute Gasteiger partial charge is 0.150 e. The molecule has 0 spiro atoms. The molecule has 4 heteroatoms. The van der Waals surface area contributed by atoms with Gasteiger partial charge in [-0.3, -0.25) is 0 Å². The number of hydrogen-bond donors (Lipinski definition) is 0. The van der Waals surface area contributed by atoms with Crippen LogP contribution in [0.2, 0.25) is 0 Å². The summed E-state index contributed by atoms with van der Waals surface area (Å²) in [5.74, 6) is -0.225. The number of carbonyl (C=O) groups excluding carboxylic acids is 1. The summed E-state index contributed by atoms with van der Waals surface area (Å²) < 4.78 is 10.9. The number of hydrogen-bond acceptors (Lipinski definition) is 4. The first kappa shape index (κ1) is 13.2. The van der Waals surface area contributed by atoms with Crippen LogP contribution in [0.4, 0.5) is 0 Å². The van der Waals surface area contributed by atoms with E-state index < -0.39 is 5.97 Å². The van der Waals surface area contributed by atoms with E-state index in [0.29, 0.717) is 11.3 Å². The number of aryl methyl sites for hydroxylation is 1. The highest BCUT2D eigenvalue weighted by Gasteiger charge is 2.09. The van der Waals surface area contributed by atoms with Crippen molar-refractivity contribution in [1.29, 1.82) is 0 Å². The molecule has 2 aromatic carbocycles. The Bertz CT molecular complexity index is 796. The summed E-state index contributed by atoms with van der Waals surface area (Å²) in [7, 11) is 0. The fourth-order valence-electron chi connectivity index (χ4n) is 2.24. The summed E-state index contributed by atoms with van der Waals surface area (Å²) in [6, 6.07) is 15.2. The molecule has 0 amide bonds. The average molecular weight is 281 g/mol. The number of rotatable bonds is 4. The minimum absolute atomic E-state index is 0.177. The molecule has 0 radical (unpaired) electrons. The van der Waals surface area contributed by atoms with Gasteiger partial charge in [-0.25, -0.2) is 0 Å². The molecule has 0 fully saturated rings. The van der Waals surface area contributed by atoms with Gasteiger partial charge in [-0.1, -0.05) is 36.4 Å². The standard InChI is InChI=1S/C17H14O4/c1-11-13(9-16(21-11)17(18)19)10-20-15-8-4-6-12-5-2-3-7-14(12)15/h2-9H,10H2,1H3,(H,18,19)/p-1. The van der Waals surface area contributed by atoms with Crippen LogP contribution in [-0.4, -0.2) is 5.97 Å². The van der Waals surface area contributed by atoms with E-state index in [1.165, 1.54) is 6.07 Å². The van der Waals surface area contributed by atoms with Gasteiger partial charge in [0.05, 0.1) is 0 Å². The highest BCUT2D eigenvalue weighted by atomic mass is 16.5. The summed E-state index contributed by atoms with van der Waals surface area (Å²) in [4.78, 5) is 10.8. The van der Waals surface area contributed by atoms with E-state index >= 15 is 0 Å². The second-order valence-electron chi connectivity index (χ2n) is 4.75. The Morgan fingerprint density at radius 1 is 1.19 bits per heavy atom. The van der Waals surface area contributed by atoms with E-state index in [4.69, 9.17) is 9.15 Å². The van der Waals surface area contributed by atoms with Gasteiger partial charge in [0.15, 0.2) is 0 Å². The molecule has 0 unspecified atom stereocenters. The molecule has 0 N–H and O–H groups in total. The van der Waals surface area contributed by atoms with E-state index in [9.17, 15) is 9.90 Å². The Morgan fingerprint density at radius 2 is 1.95 bits per heavy atom. The third-order valence-corrected chi connectivity index (χ3v) is 3.35. The van der Waals surface area contributed by atoms with Gasteiger partial charge in [0.1, 0.15) is 29.8 Å². The molecule has 1 heterocycles. The molecule has 1 aromatic heterocycles. The van der Waals surface area contributed by atoms with Crippen LogP contribution in [0.15, 0.2) is 52.9 Å². The van der Waals surface area contributed by atoms with Crippen molar-refractivity contribution in [3.05, 3.63) is 65.6 Å². The number of carboxylic acid groups (broad SMARTS) is 1. The lowest BCUT2D eigenvalue weighted by molar-refractivity contribution is -0.257. The Hall–Kier alpha value is -2.75. The summed E-state index contributed by atoms with van der Waals surface area (Å²) in [5.41, 5.74) is 0.696. The summed E-state index contributed by atoms with van der Waals surface area (Å²) >= 11 is 0. The van der Waals surface area contributed by atoms with Crippen molar-refractivity contribution in [2.24, 2.45) is 0 Å². The lowest BCUT2D eigenvalue weighted by Crippen LogP contribution is -2.21. The first-order valence-corrected chi connectivity index (χ1v) is 6.56. The molecule has 0 saturated heterocycles. The number of furan rings is 1. The van der Waals surface area contributed by atoms with Crippen LogP contribution in [0.3, 0.4) is 0 Å². The second-order valence-corrected chi connectivity index (χ2v) is 4.75. The van der Waals surface area contributed by atoms with Crippen LogP contribution in [0.25, 0.3) is 10.8 Å². The number of carbonyl (C=O) groups is 1. The number of fused-ring (bicyclic) bond motifs is 1. The van der Waals surface area contributed by atoms with E-state index in [2.05, 4.69) is 0 Å². The zero-order valence-electron chi connectivity index (χ0n) is 11.5. The van der Waals surface area contributed by atoms with E-state index in [1.807, 2.05) is 42.5 Å². The van der Waals surface area contributed by atoms with E-state index in [0.717, 1.165) is 16.5 Å². The molecule has 0 bridgehead atoms. The number of aromatic carboxylic acids is 1.